The monoisotopic (exact) mass is 1300 g/mol. The van der Waals surface area contributed by atoms with Gasteiger partial charge in [0, 0.05) is 61.7 Å². The van der Waals surface area contributed by atoms with E-state index >= 15 is 19.2 Å². The first-order chi connectivity index (χ1) is 41.6. The van der Waals surface area contributed by atoms with E-state index in [9.17, 15) is 33.6 Å². The van der Waals surface area contributed by atoms with E-state index in [0.29, 0.717) is 6.42 Å². The molecule has 0 aromatic rings. The Bertz CT molecular complexity index is 2480. The average Bonchev–Trinajstić information content (AvgIpc) is 0.816. The van der Waals surface area contributed by atoms with Crippen molar-refractivity contribution in [2.45, 2.75) is 255 Å². The second-order valence-corrected chi connectivity index (χ2v) is 34.8. The van der Waals surface area contributed by atoms with Gasteiger partial charge in [-0.3, -0.25) is 52.7 Å². The van der Waals surface area contributed by atoms with Gasteiger partial charge in [0.1, 0.15) is 54.4 Å². The van der Waals surface area contributed by atoms with Gasteiger partial charge in [-0.05, 0) is 118 Å². The fourth-order valence-corrected chi connectivity index (χ4v) is 13.0. The van der Waals surface area contributed by atoms with Crippen molar-refractivity contribution in [3.05, 3.63) is 0 Å². The number of likely N-dealkylation sites (N-methyl/N-ethyl adjacent to an activating group) is 7. The highest BCUT2D eigenvalue weighted by molar-refractivity contribution is 6.74. The molecule has 24 heteroatoms. The lowest BCUT2D eigenvalue weighted by Crippen LogP contribution is -2.63. The van der Waals surface area contributed by atoms with Crippen LogP contribution in [0.1, 0.15) is 176 Å². The van der Waals surface area contributed by atoms with Gasteiger partial charge in [-0.1, -0.05) is 118 Å². The molecule has 1 saturated heterocycles. The maximum absolute atomic E-state index is 15.7. The molecule has 0 aromatic carbocycles. The number of Topliss-reactive ketones (excluding diaryl/α,β-unsaturated/α-hetero) is 1. The predicted octanol–water partition coefficient (Wildman–Crippen LogP) is 5.77. The van der Waals surface area contributed by atoms with E-state index in [4.69, 9.17) is 10.2 Å². The zero-order valence-electron chi connectivity index (χ0n) is 61.4. The molecule has 1 rings (SSSR count). The molecule has 0 bridgehead atoms. The van der Waals surface area contributed by atoms with Crippen molar-refractivity contribution in [2.75, 3.05) is 62.4 Å². The third-order valence-corrected chi connectivity index (χ3v) is 23.0. The number of carbonyl (C=O) groups excluding carboxylic acids is 11. The van der Waals surface area contributed by atoms with E-state index in [1.807, 2.05) is 62.3 Å². The first-order valence-corrected chi connectivity index (χ1v) is 36.2. The van der Waals surface area contributed by atoms with Gasteiger partial charge in [0.2, 0.25) is 59.1 Å². The number of amides is 10. The van der Waals surface area contributed by atoms with Crippen LogP contribution in [0, 0.1) is 47.3 Å². The van der Waals surface area contributed by atoms with Crippen molar-refractivity contribution < 1.29 is 57.2 Å². The second-order valence-electron chi connectivity index (χ2n) is 30.0. The largest absolute Gasteiger partial charge is 0.411 e. The number of rotatable bonds is 17. The Balaban J connectivity index is 4.53. The molecule has 0 aromatic heterocycles. The Hall–Kier alpha value is -5.49. The maximum atomic E-state index is 15.7. The normalized spacial score (nSPS) is 26.3. The van der Waals surface area contributed by atoms with Gasteiger partial charge in [0.25, 0.3) is 0 Å². The number of ketones is 1. The standard InChI is InChI=1S/C67H125N11O12Si/c1-29-47-36-52(79)56(57(44(14)30-31-68)90-91(27,28)67(17,18)19)78(26)66(89)55(43(12)13)77(25)64(87)51(35-41(8)9)76(24)63(86)50(34-40(6)7)75(23)61(84)46(16)70-58(81)45(15)69-59(82)49(33-39(4)5)74(22)65(88)54(42(10)11)71-60(83)48(32-38(2)3)73(21)53(80)37-72(20)62(47)85/h38-51,54-57H,29-37,68H2,1-28H3,(H,69,82)(H,70,81)(H,71,83)/t44-,45+,46-,47-,48+,49+,50+,51+,54+,55+,56-,57-/m1/s1. The number of hydrogen-bond donors (Lipinski definition) is 4. The Morgan fingerprint density at radius 3 is 1.34 bits per heavy atom. The summed E-state index contributed by atoms with van der Waals surface area (Å²) in [5.74, 6) is -9.55. The summed E-state index contributed by atoms with van der Waals surface area (Å²) in [5.41, 5.74) is 6.24. The minimum absolute atomic E-state index is 0.125. The highest BCUT2D eigenvalue weighted by atomic mass is 28.4. The van der Waals surface area contributed by atoms with Crippen molar-refractivity contribution in [2.24, 2.45) is 53.1 Å². The molecule has 1 aliphatic rings. The van der Waals surface area contributed by atoms with E-state index in [-0.39, 0.29) is 73.8 Å². The van der Waals surface area contributed by atoms with Crippen LogP contribution in [0.25, 0.3) is 0 Å². The van der Waals surface area contributed by atoms with Gasteiger partial charge in [-0.15, -0.1) is 0 Å². The molecule has 12 atom stereocenters. The van der Waals surface area contributed by atoms with E-state index in [0.717, 1.165) is 0 Å². The van der Waals surface area contributed by atoms with Crippen LogP contribution in [-0.4, -0.2) is 230 Å². The van der Waals surface area contributed by atoms with E-state index < -0.39 is 164 Å². The molecule has 0 aliphatic carbocycles. The fraction of sp³-hybridized carbons (Fsp3) is 0.836. The van der Waals surface area contributed by atoms with Gasteiger partial charge < -0.3 is 60.4 Å². The average molecular weight is 1300 g/mol. The van der Waals surface area contributed by atoms with Gasteiger partial charge in [-0.2, -0.15) is 0 Å². The van der Waals surface area contributed by atoms with Crippen molar-refractivity contribution in [1.29, 1.82) is 0 Å². The summed E-state index contributed by atoms with van der Waals surface area (Å²) >= 11 is 0. The summed E-state index contributed by atoms with van der Waals surface area (Å²) in [6.45, 7) is 38.8. The van der Waals surface area contributed by atoms with Crippen molar-refractivity contribution in [3.8, 4) is 0 Å². The minimum atomic E-state index is -2.78. The molecule has 1 aliphatic heterocycles. The van der Waals surface area contributed by atoms with Gasteiger partial charge in [-0.25, -0.2) is 0 Å². The molecule has 23 nitrogen and oxygen atoms in total. The van der Waals surface area contributed by atoms with Crippen LogP contribution in [-0.2, 0) is 57.2 Å². The van der Waals surface area contributed by atoms with Gasteiger partial charge in [0.05, 0.1) is 12.6 Å². The maximum Gasteiger partial charge on any atom is 0.246 e. The zero-order valence-corrected chi connectivity index (χ0v) is 62.4. The van der Waals surface area contributed by atoms with Crippen molar-refractivity contribution in [3.63, 3.8) is 0 Å². The SMILES string of the molecule is CC[C@@H]1CC(=O)[C@H]([C@H](O[Si](C)(C)C(C)(C)C)[C@H](C)CCN)N(C)C(=O)[C@H](C(C)C)N(C)C(=O)[C@H](CC(C)C)N(C)C(=O)[C@H](CC(C)C)N(C)C(=O)[C@@H](C)NC(=O)[C@H](C)NC(=O)[C@H](CC(C)C)N(C)C(=O)[C@H](C(C)C)NC(=O)[C@H](CC(C)C)N(C)C(=O)CN(C)C1=O. The summed E-state index contributed by atoms with van der Waals surface area (Å²) in [5, 5.41) is 7.95. The lowest BCUT2D eigenvalue weighted by atomic mass is 9.86. The molecule has 1 heterocycles. The highest BCUT2D eigenvalue weighted by Gasteiger charge is 2.49. The summed E-state index contributed by atoms with van der Waals surface area (Å²) < 4.78 is 7.23. The third-order valence-electron chi connectivity index (χ3n) is 18.5. The van der Waals surface area contributed by atoms with Crippen LogP contribution >= 0.6 is 0 Å². The van der Waals surface area contributed by atoms with Crippen LogP contribution in [0.2, 0.25) is 18.1 Å². The minimum Gasteiger partial charge on any atom is -0.411 e. The van der Waals surface area contributed by atoms with Crippen molar-refractivity contribution in [1.82, 2.24) is 50.2 Å². The fourth-order valence-electron chi connectivity index (χ4n) is 11.6. The molecule has 91 heavy (non-hydrogen) atoms. The number of carbonyl (C=O) groups is 11. The quantitative estimate of drug-likeness (QED) is 0.126. The topological polar surface area (TPSA) is 282 Å². The Morgan fingerprint density at radius 1 is 0.505 bits per heavy atom. The lowest BCUT2D eigenvalue weighted by Gasteiger charge is -2.46. The summed E-state index contributed by atoms with van der Waals surface area (Å²) in [7, 11) is 7.56. The van der Waals surface area contributed by atoms with Gasteiger partial charge >= 0.3 is 0 Å². The van der Waals surface area contributed by atoms with E-state index in [1.165, 1.54) is 97.5 Å². The highest BCUT2D eigenvalue weighted by Crippen LogP contribution is 2.40. The molecule has 0 saturated carbocycles. The Morgan fingerprint density at radius 2 is 0.912 bits per heavy atom. The molecule has 10 amide bonds. The van der Waals surface area contributed by atoms with Crippen molar-refractivity contribution >= 4 is 73.2 Å². The van der Waals surface area contributed by atoms with E-state index in [2.05, 4.69) is 49.8 Å². The molecule has 0 spiro atoms. The summed E-state index contributed by atoms with van der Waals surface area (Å²) in [6, 6.07) is -10.6. The predicted molar refractivity (Wildman–Crippen MR) is 360 cm³/mol. The smallest absolute Gasteiger partial charge is 0.246 e. The first-order valence-electron chi connectivity index (χ1n) is 33.3. The molecule has 0 radical (unpaired) electrons. The van der Waals surface area contributed by atoms with Crippen LogP contribution < -0.4 is 21.7 Å². The van der Waals surface area contributed by atoms with Crippen LogP contribution in [0.3, 0.4) is 0 Å². The Kier molecular flexibility index (Phi) is 33.3. The molecular formula is C67H125N11O12Si. The summed E-state index contributed by atoms with van der Waals surface area (Å²) in [6.07, 6.45) is -0.0429. The molecule has 1 fully saturated rings. The lowest BCUT2D eigenvalue weighted by molar-refractivity contribution is -0.157. The molecule has 0 unspecified atom stereocenters. The zero-order chi connectivity index (χ0) is 71.0. The number of nitrogens with one attached hydrogen (secondary N) is 3. The number of nitrogens with zero attached hydrogens (tertiary/aromatic N) is 7. The van der Waals surface area contributed by atoms with Gasteiger partial charge in [0.15, 0.2) is 14.1 Å². The summed E-state index contributed by atoms with van der Waals surface area (Å²) in [4.78, 5) is 172. The molecule has 524 valence electrons. The second kappa shape index (κ2) is 36.2. The first kappa shape index (κ1) is 83.5. The number of hydrogen-bond acceptors (Lipinski definition) is 13. The molecule has 5 N–H and O–H groups in total. The third kappa shape index (κ3) is 23.2. The number of nitrogens with two attached hydrogens (primary N) is 1. The molecular weight excluding hydrogens is 1180 g/mol. The van der Waals surface area contributed by atoms with Crippen LogP contribution in [0.4, 0.5) is 0 Å². The van der Waals surface area contributed by atoms with Crippen LogP contribution in [0.5, 0.6) is 0 Å². The van der Waals surface area contributed by atoms with Crippen LogP contribution in [0.15, 0.2) is 0 Å². The van der Waals surface area contributed by atoms with E-state index in [1.54, 1.807) is 34.6 Å². The Labute approximate surface area is 549 Å².